The van der Waals surface area contributed by atoms with Gasteiger partial charge in [0.2, 0.25) is 5.90 Å². The molecular formula is C38H45IrNOP-3. The fourth-order valence-corrected chi connectivity index (χ4v) is 8.08. The maximum absolute atomic E-state index is 8.28. The molecule has 1 aliphatic heterocycles. The number of hydrogen-bond acceptors (Lipinski definition) is 2. The first-order valence-electron chi connectivity index (χ1n) is 16.6. The molecule has 1 saturated carbocycles. The van der Waals surface area contributed by atoms with E-state index in [1.165, 1.54) is 53.5 Å². The van der Waals surface area contributed by atoms with E-state index in [0.717, 1.165) is 54.3 Å². The second-order valence-electron chi connectivity index (χ2n) is 12.1. The van der Waals surface area contributed by atoms with Crippen molar-refractivity contribution in [2.75, 3.05) is 6.61 Å². The third-order valence-corrected chi connectivity index (χ3v) is 10.2. The molecule has 0 amide bonds. The molecule has 4 atom stereocenters. The summed E-state index contributed by atoms with van der Waals surface area (Å²) in [6.45, 7) is 4.93. The number of fused-ring (bicyclic) bond motifs is 4. The number of aliphatic imine (C=N–C) groups is 1. The largest absolute Gasteiger partial charge is 0.475 e. The minimum atomic E-state index is -2.04. The van der Waals surface area contributed by atoms with Gasteiger partial charge in [-0.15, -0.1) is 12.8 Å². The van der Waals surface area contributed by atoms with Crippen molar-refractivity contribution in [3.05, 3.63) is 126 Å². The molecule has 1 fully saturated rings. The molecule has 1 radical (unpaired) electrons. The Kier molecular flexibility index (Phi) is 9.88. The Morgan fingerprint density at radius 2 is 1.50 bits per heavy atom. The number of nitrogens with zero attached hydrogens (tertiary/aromatic N) is 1. The smallest absolute Gasteiger partial charge is 0.269 e. The van der Waals surface area contributed by atoms with Crippen molar-refractivity contribution in [3.63, 3.8) is 0 Å². The molecule has 3 aromatic rings. The molecule has 3 aliphatic carbocycles. The predicted molar refractivity (Wildman–Crippen MR) is 177 cm³/mol. The van der Waals surface area contributed by atoms with Crippen LogP contribution in [0, 0.1) is 37.5 Å². The van der Waals surface area contributed by atoms with Crippen molar-refractivity contribution in [2.24, 2.45) is 16.8 Å². The van der Waals surface area contributed by atoms with Crippen LogP contribution in [0.1, 0.15) is 91.8 Å². The summed E-state index contributed by atoms with van der Waals surface area (Å²) < 4.78 is 22.7. The molecule has 0 N–H and O–H groups in total. The van der Waals surface area contributed by atoms with Crippen molar-refractivity contribution in [1.29, 1.82) is 2.56 Å². The number of ether oxygens (including phenoxy) is 1. The van der Waals surface area contributed by atoms with Gasteiger partial charge in [0, 0.05) is 45.8 Å². The summed E-state index contributed by atoms with van der Waals surface area (Å²) in [6, 6.07) is 23.2. The first-order valence-corrected chi connectivity index (χ1v) is 16.1. The molecule has 225 valence electrons. The van der Waals surface area contributed by atoms with Crippen LogP contribution >= 0.6 is 9.13 Å². The molecule has 2 nitrogen and oxygen atoms in total. The van der Waals surface area contributed by atoms with Gasteiger partial charge in [0.25, 0.3) is 2.56 Å². The maximum Gasteiger partial charge on any atom is 0.269 e. The third-order valence-electron chi connectivity index (χ3n) is 9.76. The molecule has 4 aliphatic rings. The van der Waals surface area contributed by atoms with Crippen LogP contribution in [0.3, 0.4) is 0 Å². The third kappa shape index (κ3) is 6.36. The van der Waals surface area contributed by atoms with E-state index in [4.69, 9.17) is 12.3 Å². The molecule has 2 unspecified atom stereocenters. The average molecular weight is 757 g/mol. The number of rotatable bonds is 5. The molecule has 42 heavy (non-hydrogen) atoms. The van der Waals surface area contributed by atoms with E-state index in [-0.39, 0.29) is 31.6 Å². The first-order chi connectivity index (χ1) is 21.0. The maximum atomic E-state index is 8.28. The zero-order valence-corrected chi connectivity index (χ0v) is 28.3. The Morgan fingerprint density at radius 3 is 2.14 bits per heavy atom. The van der Waals surface area contributed by atoms with E-state index in [9.17, 15) is 0 Å². The summed E-state index contributed by atoms with van der Waals surface area (Å²) in [5, 5.41) is 0.957. The van der Waals surface area contributed by atoms with Crippen LogP contribution in [0.2, 0.25) is 0 Å². The van der Waals surface area contributed by atoms with Gasteiger partial charge in [-0.05, 0) is 60.1 Å². The normalized spacial score (nSPS) is 26.8. The van der Waals surface area contributed by atoms with Crippen molar-refractivity contribution in [1.82, 2.24) is 0 Å². The van der Waals surface area contributed by atoms with E-state index >= 15 is 0 Å². The summed E-state index contributed by atoms with van der Waals surface area (Å²) in [5.41, 5.74) is 7.52. The second-order valence-corrected chi connectivity index (χ2v) is 12.6. The zero-order chi connectivity index (χ0) is 29.8. The van der Waals surface area contributed by atoms with Crippen LogP contribution in [0.5, 0.6) is 0 Å². The molecule has 0 saturated heterocycles. The molecule has 0 aromatic heterocycles. The molecule has 1 spiro atoms. The van der Waals surface area contributed by atoms with Crippen LogP contribution in [0.15, 0.2) is 71.7 Å². The average Bonchev–Trinajstić information content (AvgIpc) is 3.77. The Bertz CT molecular complexity index is 1410. The number of benzene rings is 3. The van der Waals surface area contributed by atoms with Crippen LogP contribution in [0.25, 0.3) is 0 Å². The van der Waals surface area contributed by atoms with E-state index in [2.05, 4.69) is 88.1 Å². The predicted octanol–water partition coefficient (Wildman–Crippen LogP) is 8.26. The van der Waals surface area contributed by atoms with Crippen molar-refractivity contribution in [2.45, 2.75) is 76.7 Å². The molecule has 7 rings (SSSR count). The molecule has 1 heterocycles. The Labute approximate surface area is 272 Å². The van der Waals surface area contributed by atoms with Gasteiger partial charge in [0.1, 0.15) is 12.6 Å². The minimum Gasteiger partial charge on any atom is -0.475 e. The van der Waals surface area contributed by atoms with Crippen molar-refractivity contribution in [3.8, 4) is 0 Å². The number of hydrogen-bond donors (Lipinski definition) is 0. The van der Waals surface area contributed by atoms with Gasteiger partial charge in [-0.3, -0.25) is 11.8 Å². The summed E-state index contributed by atoms with van der Waals surface area (Å²) in [7, 11) is -2.04. The zero-order valence-electron chi connectivity index (χ0n) is 26.9. The summed E-state index contributed by atoms with van der Waals surface area (Å²) in [5.74, 6) is 2.28. The Morgan fingerprint density at radius 1 is 0.857 bits per heavy atom. The van der Waals surface area contributed by atoms with Gasteiger partial charge in [-0.25, -0.2) is 17.8 Å². The van der Waals surface area contributed by atoms with E-state index < -0.39 is 9.13 Å². The monoisotopic (exact) mass is 757 g/mol. The molecular weight excluding hydrogens is 710 g/mol. The van der Waals surface area contributed by atoms with E-state index in [0.29, 0.717) is 6.61 Å². The second kappa shape index (κ2) is 14.3. The van der Waals surface area contributed by atoms with Crippen LogP contribution in [-0.4, -0.2) is 15.1 Å². The van der Waals surface area contributed by atoms with Crippen LogP contribution < -0.4 is 5.30 Å². The van der Waals surface area contributed by atoms with Gasteiger partial charge in [-0.2, -0.15) is 13.8 Å². The summed E-state index contributed by atoms with van der Waals surface area (Å²) >= 11 is 0. The van der Waals surface area contributed by atoms with Gasteiger partial charge < -0.3 is 30.4 Å². The van der Waals surface area contributed by atoms with Crippen molar-refractivity contribution < 1.29 is 24.8 Å². The standard InChI is InChI=1S/C26H24NOP.C12H20.Ir/c29-22-11-5-9-19-13-15-26(24(19)22)14-12-18-8-4-10-20(23(18)26)25-27-21(16-28-25)17-6-2-1-3-7-17;1-3-11-7-5-6-8-12(4-2)10-9-11;/h1-11,21H,12-16,29H2;3-4,7-8,11-12H,5-6,9-10H2,1-2H3;/q;-4;/p+1/t21-,26+;;/m1../s1/i29D2;;. The molecule has 0 bridgehead atoms. The fraction of sp³-hybridized carbons (Fsp3) is 0.395. The van der Waals surface area contributed by atoms with Gasteiger partial charge >= 0.3 is 0 Å². The molecule has 4 heteroatoms. The van der Waals surface area contributed by atoms with E-state index in [1.54, 1.807) is 0 Å². The minimum absolute atomic E-state index is 0. The Balaban J connectivity index is 0.000000252. The van der Waals surface area contributed by atoms with Crippen molar-refractivity contribution >= 4 is 20.3 Å². The summed E-state index contributed by atoms with van der Waals surface area (Å²) in [4.78, 5) is 5.00. The first kappa shape index (κ1) is 28.9. The Hall–Kier alpha value is -1.79. The van der Waals surface area contributed by atoms with E-state index in [1.807, 2.05) is 18.2 Å². The van der Waals surface area contributed by atoms with Gasteiger partial charge in [0.05, 0.1) is 5.30 Å². The molecule has 3 aromatic carbocycles. The SMILES string of the molecule is C[CH-]C1[CH-]CC[CH-]C([CH-]C)CC1.[2H][PH+]([2H])c1cccc2c1[C@@]1(CCc3cccc(C4=N[C@@H](c5ccccc5)CO4)c31)CC2.[Ir]. The fourth-order valence-electron chi connectivity index (χ4n) is 7.59. The summed E-state index contributed by atoms with van der Waals surface area (Å²) in [6.07, 6.45) is 18.9. The number of aryl methyl sites for hydroxylation is 2. The quantitative estimate of drug-likeness (QED) is 0.190. The van der Waals surface area contributed by atoms with Gasteiger partial charge in [-0.1, -0.05) is 54.6 Å². The topological polar surface area (TPSA) is 21.6 Å². The van der Waals surface area contributed by atoms with Crippen LogP contribution in [0.4, 0.5) is 0 Å². The van der Waals surface area contributed by atoms with Gasteiger partial charge in [0.15, 0.2) is 0 Å². The van der Waals surface area contributed by atoms with Crippen LogP contribution in [-0.2, 0) is 43.1 Å².